The largest absolute Gasteiger partial charge is 0.507 e. The van der Waals surface area contributed by atoms with Crippen molar-refractivity contribution in [1.29, 1.82) is 0 Å². The van der Waals surface area contributed by atoms with Crippen molar-refractivity contribution in [3.05, 3.63) is 66.5 Å². The van der Waals surface area contributed by atoms with Crippen molar-refractivity contribution in [1.82, 2.24) is 9.38 Å². The molecule has 5 heteroatoms. The standard InChI is InChI=1S/C18H14N4O/c1-12-18(22-11-3-2-10-17(22)19-12)21-20-15-8-4-7-14-13(15)6-5-9-16(14)23/h2-11,23H,1H3. The van der Waals surface area contributed by atoms with Crippen LogP contribution in [0.25, 0.3) is 16.4 Å². The van der Waals surface area contributed by atoms with Gasteiger partial charge in [-0.2, -0.15) is 0 Å². The van der Waals surface area contributed by atoms with Gasteiger partial charge in [0.15, 0.2) is 5.82 Å². The Morgan fingerprint density at radius 2 is 1.74 bits per heavy atom. The van der Waals surface area contributed by atoms with Crippen LogP contribution in [-0.2, 0) is 0 Å². The van der Waals surface area contributed by atoms with Gasteiger partial charge in [-0.1, -0.05) is 30.3 Å². The normalized spacial score (nSPS) is 11.7. The second-order valence-corrected chi connectivity index (χ2v) is 5.30. The Morgan fingerprint density at radius 3 is 2.65 bits per heavy atom. The molecule has 2 heterocycles. The van der Waals surface area contributed by atoms with Gasteiger partial charge in [-0.05, 0) is 31.2 Å². The predicted molar refractivity (Wildman–Crippen MR) is 89.7 cm³/mol. The number of hydrogen-bond acceptors (Lipinski definition) is 4. The molecular formula is C18H14N4O. The molecule has 4 aromatic rings. The fraction of sp³-hybridized carbons (Fsp3) is 0.0556. The van der Waals surface area contributed by atoms with Gasteiger partial charge in [0.25, 0.3) is 0 Å². The molecule has 0 aliphatic heterocycles. The summed E-state index contributed by atoms with van der Waals surface area (Å²) in [5.74, 6) is 0.947. The number of benzene rings is 2. The lowest BCUT2D eigenvalue weighted by Crippen LogP contribution is -1.81. The molecule has 0 aliphatic rings. The lowest BCUT2D eigenvalue weighted by Gasteiger charge is -2.03. The quantitative estimate of drug-likeness (QED) is 0.534. The molecule has 0 unspecified atom stereocenters. The summed E-state index contributed by atoms with van der Waals surface area (Å²) >= 11 is 0. The Balaban J connectivity index is 1.85. The monoisotopic (exact) mass is 302 g/mol. The smallest absolute Gasteiger partial charge is 0.182 e. The fourth-order valence-corrected chi connectivity index (χ4v) is 2.69. The number of fused-ring (bicyclic) bond motifs is 2. The van der Waals surface area contributed by atoms with E-state index in [2.05, 4.69) is 15.2 Å². The first-order valence-electron chi connectivity index (χ1n) is 7.30. The van der Waals surface area contributed by atoms with Gasteiger partial charge in [0.05, 0.1) is 11.4 Å². The van der Waals surface area contributed by atoms with E-state index in [9.17, 15) is 5.11 Å². The highest BCUT2D eigenvalue weighted by Gasteiger charge is 2.08. The molecule has 0 aliphatic carbocycles. The Hall–Kier alpha value is -3.21. The maximum atomic E-state index is 9.95. The molecule has 0 fully saturated rings. The first kappa shape index (κ1) is 13.5. The Kier molecular flexibility index (Phi) is 3.05. The van der Waals surface area contributed by atoms with Gasteiger partial charge in [0.1, 0.15) is 11.4 Å². The van der Waals surface area contributed by atoms with Crippen LogP contribution in [0.4, 0.5) is 11.5 Å². The van der Waals surface area contributed by atoms with Crippen molar-refractivity contribution in [3.63, 3.8) is 0 Å². The van der Waals surface area contributed by atoms with E-state index in [1.165, 1.54) is 0 Å². The summed E-state index contributed by atoms with van der Waals surface area (Å²) in [4.78, 5) is 4.47. The molecule has 0 atom stereocenters. The van der Waals surface area contributed by atoms with Gasteiger partial charge in [0.2, 0.25) is 0 Å². The Labute approximate surface area is 132 Å². The molecule has 4 rings (SSSR count). The lowest BCUT2D eigenvalue weighted by atomic mass is 10.1. The Bertz CT molecular complexity index is 1050. The molecular weight excluding hydrogens is 288 g/mol. The van der Waals surface area contributed by atoms with Crippen LogP contribution >= 0.6 is 0 Å². The summed E-state index contributed by atoms with van der Waals surface area (Å²) in [5.41, 5.74) is 2.38. The third-order valence-corrected chi connectivity index (χ3v) is 3.80. The molecule has 2 aromatic heterocycles. The van der Waals surface area contributed by atoms with Gasteiger partial charge in [0, 0.05) is 17.0 Å². The maximum Gasteiger partial charge on any atom is 0.182 e. The van der Waals surface area contributed by atoms with Crippen LogP contribution in [0.15, 0.2) is 71.0 Å². The summed E-state index contributed by atoms with van der Waals surface area (Å²) in [5, 5.41) is 20.3. The van der Waals surface area contributed by atoms with Crippen molar-refractivity contribution >= 4 is 27.9 Å². The highest BCUT2D eigenvalue weighted by atomic mass is 16.3. The van der Waals surface area contributed by atoms with Crippen LogP contribution < -0.4 is 0 Å². The molecule has 0 radical (unpaired) electrons. The average molecular weight is 302 g/mol. The fourth-order valence-electron chi connectivity index (χ4n) is 2.69. The number of imidazole rings is 1. The summed E-state index contributed by atoms with van der Waals surface area (Å²) in [7, 11) is 0. The minimum atomic E-state index is 0.241. The summed E-state index contributed by atoms with van der Waals surface area (Å²) in [6.07, 6.45) is 1.92. The van der Waals surface area contributed by atoms with Gasteiger partial charge in [-0.3, -0.25) is 4.40 Å². The van der Waals surface area contributed by atoms with Crippen molar-refractivity contribution in [3.8, 4) is 5.75 Å². The molecule has 0 saturated heterocycles. The van der Waals surface area contributed by atoms with Gasteiger partial charge in [-0.25, -0.2) is 4.98 Å². The van der Waals surface area contributed by atoms with E-state index in [1.54, 1.807) is 12.1 Å². The zero-order valence-electron chi connectivity index (χ0n) is 12.5. The van der Waals surface area contributed by atoms with Crippen LogP contribution in [-0.4, -0.2) is 14.5 Å². The number of phenols is 1. The van der Waals surface area contributed by atoms with Gasteiger partial charge in [-0.15, -0.1) is 10.2 Å². The average Bonchev–Trinajstić information content (AvgIpc) is 2.89. The van der Waals surface area contributed by atoms with Crippen LogP contribution in [0.3, 0.4) is 0 Å². The number of aromatic hydroxyl groups is 1. The minimum absolute atomic E-state index is 0.241. The lowest BCUT2D eigenvalue weighted by molar-refractivity contribution is 0.481. The van der Waals surface area contributed by atoms with Crippen molar-refractivity contribution in [2.45, 2.75) is 6.92 Å². The van der Waals surface area contributed by atoms with Crippen LogP contribution in [0.1, 0.15) is 5.69 Å². The summed E-state index contributed by atoms with van der Waals surface area (Å²) in [6.45, 7) is 1.91. The minimum Gasteiger partial charge on any atom is -0.507 e. The molecule has 2 aromatic carbocycles. The third-order valence-electron chi connectivity index (χ3n) is 3.80. The maximum absolute atomic E-state index is 9.95. The predicted octanol–water partition coefficient (Wildman–Crippen LogP) is 4.92. The number of hydrogen-bond donors (Lipinski definition) is 1. The number of phenolic OH excluding ortho intramolecular Hbond substituents is 1. The van der Waals surface area contributed by atoms with Crippen LogP contribution in [0, 0.1) is 6.92 Å². The first-order chi connectivity index (χ1) is 11.2. The molecule has 1 N–H and O–H groups in total. The van der Waals surface area contributed by atoms with Crippen LogP contribution in [0.5, 0.6) is 5.75 Å². The molecule has 0 bridgehead atoms. The Morgan fingerprint density at radius 1 is 0.913 bits per heavy atom. The molecule has 112 valence electrons. The highest BCUT2D eigenvalue weighted by molar-refractivity contribution is 5.96. The van der Waals surface area contributed by atoms with Gasteiger partial charge >= 0.3 is 0 Å². The van der Waals surface area contributed by atoms with Crippen LogP contribution in [0.2, 0.25) is 0 Å². The zero-order chi connectivity index (χ0) is 15.8. The van der Waals surface area contributed by atoms with Crippen molar-refractivity contribution < 1.29 is 5.11 Å². The third kappa shape index (κ3) is 2.23. The molecule has 0 saturated carbocycles. The SMILES string of the molecule is Cc1nc2ccccn2c1N=Nc1cccc2c(O)cccc12. The van der Waals surface area contributed by atoms with E-state index in [4.69, 9.17) is 0 Å². The number of pyridine rings is 1. The van der Waals surface area contributed by atoms with Crippen molar-refractivity contribution in [2.75, 3.05) is 0 Å². The molecule has 0 amide bonds. The topological polar surface area (TPSA) is 62.2 Å². The highest BCUT2D eigenvalue weighted by Crippen LogP contribution is 2.32. The van der Waals surface area contributed by atoms with E-state index in [0.717, 1.165) is 22.1 Å². The first-order valence-corrected chi connectivity index (χ1v) is 7.30. The molecule has 23 heavy (non-hydrogen) atoms. The van der Waals surface area contributed by atoms with E-state index < -0.39 is 0 Å². The van der Waals surface area contributed by atoms with E-state index >= 15 is 0 Å². The number of aromatic nitrogens is 2. The summed E-state index contributed by atoms with van der Waals surface area (Å²) in [6, 6.07) is 16.8. The van der Waals surface area contributed by atoms with Gasteiger partial charge < -0.3 is 5.11 Å². The van der Waals surface area contributed by atoms with E-state index in [1.807, 2.05) is 60.0 Å². The number of rotatable bonds is 2. The number of aryl methyl sites for hydroxylation is 1. The number of nitrogens with zero attached hydrogens (tertiary/aromatic N) is 4. The second-order valence-electron chi connectivity index (χ2n) is 5.30. The van der Waals surface area contributed by atoms with Crippen molar-refractivity contribution in [2.24, 2.45) is 10.2 Å². The zero-order valence-corrected chi connectivity index (χ0v) is 12.5. The van der Waals surface area contributed by atoms with E-state index in [0.29, 0.717) is 11.5 Å². The van der Waals surface area contributed by atoms with E-state index in [-0.39, 0.29) is 5.75 Å². The summed E-state index contributed by atoms with van der Waals surface area (Å²) < 4.78 is 1.90. The molecule has 5 nitrogen and oxygen atoms in total. The second kappa shape index (κ2) is 5.21. The number of azo groups is 1. The molecule has 0 spiro atoms.